The Bertz CT molecular complexity index is 952. The quantitative estimate of drug-likeness (QED) is 0.179. The van der Waals surface area contributed by atoms with Gasteiger partial charge in [0.15, 0.2) is 0 Å². The van der Waals surface area contributed by atoms with Crippen LogP contribution < -0.4 is 0 Å². The van der Waals surface area contributed by atoms with E-state index in [2.05, 4.69) is 22.8 Å². The summed E-state index contributed by atoms with van der Waals surface area (Å²) in [5.74, 6) is 0.364. The minimum atomic E-state index is -0.509. The van der Waals surface area contributed by atoms with Crippen molar-refractivity contribution in [3.05, 3.63) is 17.5 Å². The van der Waals surface area contributed by atoms with Gasteiger partial charge < -0.3 is 38.2 Å². The van der Waals surface area contributed by atoms with Crippen molar-refractivity contribution in [1.82, 2.24) is 19.6 Å². The number of amides is 1. The Morgan fingerprint density at radius 1 is 0.956 bits per heavy atom. The van der Waals surface area contributed by atoms with Gasteiger partial charge in [-0.2, -0.15) is 5.10 Å². The van der Waals surface area contributed by atoms with Crippen LogP contribution in [0.15, 0.2) is 6.20 Å². The van der Waals surface area contributed by atoms with E-state index in [1.165, 1.54) is 11.3 Å². The lowest BCUT2D eigenvalue weighted by Gasteiger charge is -2.39. The molecule has 2 fully saturated rings. The third kappa shape index (κ3) is 13.1. The maximum atomic E-state index is 12.5. The summed E-state index contributed by atoms with van der Waals surface area (Å²) < 4.78 is 37.0. The fourth-order valence-electron chi connectivity index (χ4n) is 6.05. The molecule has 1 aromatic heterocycles. The van der Waals surface area contributed by atoms with Crippen LogP contribution in [0.25, 0.3) is 0 Å². The highest BCUT2D eigenvalue weighted by Crippen LogP contribution is 2.44. The molecule has 1 amide bonds. The Kier molecular flexibility index (Phi) is 16.0. The average molecular weight is 639 g/mol. The highest BCUT2D eigenvalue weighted by molar-refractivity contribution is 5.67. The van der Waals surface area contributed by atoms with Crippen LogP contribution >= 0.6 is 0 Å². The van der Waals surface area contributed by atoms with Crippen LogP contribution in [-0.2, 0) is 35.0 Å². The van der Waals surface area contributed by atoms with E-state index in [0.717, 1.165) is 64.6 Å². The van der Waals surface area contributed by atoms with Crippen LogP contribution in [0, 0.1) is 5.41 Å². The zero-order valence-electron chi connectivity index (χ0n) is 29.3. The minimum absolute atomic E-state index is 0.00461. The van der Waals surface area contributed by atoms with E-state index in [4.69, 9.17) is 33.5 Å². The summed E-state index contributed by atoms with van der Waals surface area (Å²) in [6, 6.07) is 0. The highest BCUT2D eigenvalue weighted by atomic mass is 16.6. The van der Waals surface area contributed by atoms with E-state index in [0.29, 0.717) is 65.3 Å². The number of carbonyl (C=O) groups excluding carboxylic acids is 1. The summed E-state index contributed by atoms with van der Waals surface area (Å²) in [4.78, 5) is 16.4. The molecule has 1 saturated carbocycles. The summed E-state index contributed by atoms with van der Waals surface area (Å²) in [6.45, 7) is 17.7. The second-order valence-corrected chi connectivity index (χ2v) is 13.8. The number of carbonyl (C=O) groups is 1. The van der Waals surface area contributed by atoms with Crippen molar-refractivity contribution < 1.29 is 33.2 Å². The van der Waals surface area contributed by atoms with Gasteiger partial charge in [0, 0.05) is 69.6 Å². The zero-order chi connectivity index (χ0) is 32.7. The maximum absolute atomic E-state index is 12.5. The van der Waals surface area contributed by atoms with Gasteiger partial charge in [0.05, 0.1) is 45.3 Å². The van der Waals surface area contributed by atoms with E-state index in [9.17, 15) is 4.79 Å². The number of nitrogens with zero attached hydrogens (tertiary/aromatic N) is 4. The lowest BCUT2D eigenvalue weighted by Crippen LogP contribution is -2.38. The molecule has 2 heterocycles. The van der Waals surface area contributed by atoms with Gasteiger partial charge in [-0.3, -0.25) is 0 Å². The summed E-state index contributed by atoms with van der Waals surface area (Å²) in [6.07, 6.45) is 9.25. The number of aromatic nitrogens is 2. The minimum Gasteiger partial charge on any atom is -0.444 e. The van der Waals surface area contributed by atoms with Crippen LogP contribution in [0.4, 0.5) is 4.79 Å². The molecule has 1 unspecified atom stereocenters. The van der Waals surface area contributed by atoms with Crippen molar-refractivity contribution in [1.29, 1.82) is 0 Å². The van der Waals surface area contributed by atoms with Crippen molar-refractivity contribution in [2.75, 3.05) is 86.6 Å². The van der Waals surface area contributed by atoms with Gasteiger partial charge in [-0.1, -0.05) is 0 Å². The van der Waals surface area contributed by atoms with Gasteiger partial charge in [-0.05, 0) is 86.6 Å². The normalized spacial score (nSPS) is 19.2. The van der Waals surface area contributed by atoms with Gasteiger partial charge in [-0.25, -0.2) is 9.48 Å². The maximum Gasteiger partial charge on any atom is 0.410 e. The molecule has 11 nitrogen and oxygen atoms in total. The highest BCUT2D eigenvalue weighted by Gasteiger charge is 2.38. The first kappa shape index (κ1) is 37.7. The number of likely N-dealkylation sites (N-methyl/N-ethyl adjacent to an activating group) is 2. The fourth-order valence-corrected chi connectivity index (χ4v) is 6.05. The Labute approximate surface area is 272 Å². The first-order chi connectivity index (χ1) is 21.6. The molecular weight excluding hydrogens is 576 g/mol. The summed E-state index contributed by atoms with van der Waals surface area (Å²) in [5, 5.41) is 5.20. The van der Waals surface area contributed by atoms with E-state index in [1.54, 1.807) is 11.9 Å². The first-order valence-electron chi connectivity index (χ1n) is 17.2. The predicted octanol–water partition coefficient (Wildman–Crippen LogP) is 5.63. The molecule has 1 aliphatic heterocycles. The Morgan fingerprint density at radius 3 is 2.13 bits per heavy atom. The van der Waals surface area contributed by atoms with Crippen molar-refractivity contribution in [2.24, 2.45) is 5.41 Å². The largest absolute Gasteiger partial charge is 0.444 e. The molecule has 1 aliphatic carbocycles. The number of rotatable bonds is 19. The number of ether oxygens (including phenoxy) is 6. The van der Waals surface area contributed by atoms with Crippen LogP contribution in [0.3, 0.4) is 0 Å². The molecule has 260 valence electrons. The molecule has 0 bridgehead atoms. The molecule has 45 heavy (non-hydrogen) atoms. The molecule has 1 aromatic rings. The zero-order valence-corrected chi connectivity index (χ0v) is 29.3. The van der Waals surface area contributed by atoms with E-state index >= 15 is 0 Å². The molecule has 1 saturated heterocycles. The third-order valence-electron chi connectivity index (χ3n) is 8.66. The van der Waals surface area contributed by atoms with Crippen LogP contribution in [0.1, 0.15) is 103 Å². The lowest BCUT2D eigenvalue weighted by atomic mass is 9.70. The van der Waals surface area contributed by atoms with Crippen molar-refractivity contribution >= 4 is 6.09 Å². The molecular formula is C34H62N4O7. The van der Waals surface area contributed by atoms with Crippen LogP contribution in [-0.4, -0.2) is 118 Å². The molecule has 0 aromatic carbocycles. The van der Waals surface area contributed by atoms with E-state index in [1.807, 2.05) is 34.6 Å². The van der Waals surface area contributed by atoms with Gasteiger partial charge in [0.2, 0.25) is 0 Å². The molecule has 11 heteroatoms. The standard InChI is InChI=1S/C34H62N4O7/c1-8-40-20-22-42-26-34(27-43-23-21-41-9-2)15-13-28(14-16-34)31-29(25-38(35-31)30-12-10-11-19-44-30)24-36(6)17-18-37(7)32(39)45-33(3,4)5/h25,28,30H,8-24,26-27H2,1-7H3. The Balaban J connectivity index is 1.67. The molecule has 0 spiro atoms. The summed E-state index contributed by atoms with van der Waals surface area (Å²) in [5.41, 5.74) is 1.89. The monoisotopic (exact) mass is 638 g/mol. The smallest absolute Gasteiger partial charge is 0.410 e. The third-order valence-corrected chi connectivity index (χ3v) is 8.66. The second-order valence-electron chi connectivity index (χ2n) is 13.8. The van der Waals surface area contributed by atoms with Crippen LogP contribution in [0.5, 0.6) is 0 Å². The molecule has 2 aliphatic rings. The Hall–Kier alpha value is -1.76. The SMILES string of the molecule is CCOCCOCC1(COCCOCC)CCC(c2nn(C3CCCCO3)cc2CN(C)CCN(C)C(=O)OC(C)(C)C)CC1. The summed E-state index contributed by atoms with van der Waals surface area (Å²) >= 11 is 0. The van der Waals surface area contributed by atoms with Crippen molar-refractivity contribution in [3.63, 3.8) is 0 Å². The lowest BCUT2D eigenvalue weighted by molar-refractivity contribution is -0.0630. The van der Waals surface area contributed by atoms with Crippen LogP contribution in [0.2, 0.25) is 0 Å². The topological polar surface area (TPSA) is 96.7 Å². The van der Waals surface area contributed by atoms with Crippen molar-refractivity contribution in [3.8, 4) is 0 Å². The molecule has 0 radical (unpaired) electrons. The Morgan fingerprint density at radius 2 is 1.58 bits per heavy atom. The van der Waals surface area contributed by atoms with Gasteiger partial charge >= 0.3 is 6.09 Å². The molecule has 0 N–H and O–H groups in total. The van der Waals surface area contributed by atoms with E-state index in [-0.39, 0.29) is 17.7 Å². The summed E-state index contributed by atoms with van der Waals surface area (Å²) in [7, 11) is 3.90. The first-order valence-corrected chi connectivity index (χ1v) is 17.2. The van der Waals surface area contributed by atoms with Gasteiger partial charge in [0.25, 0.3) is 0 Å². The number of hydrogen-bond donors (Lipinski definition) is 0. The molecule has 3 rings (SSSR count). The van der Waals surface area contributed by atoms with E-state index < -0.39 is 5.60 Å². The van der Waals surface area contributed by atoms with Crippen molar-refractivity contribution in [2.45, 2.75) is 104 Å². The van der Waals surface area contributed by atoms with Gasteiger partial charge in [0.1, 0.15) is 11.8 Å². The number of hydrogen-bond acceptors (Lipinski definition) is 9. The predicted molar refractivity (Wildman–Crippen MR) is 175 cm³/mol. The molecule has 1 atom stereocenters. The second kappa shape index (κ2) is 19.2. The fraction of sp³-hybridized carbons (Fsp3) is 0.882. The average Bonchev–Trinajstić information content (AvgIpc) is 3.43. The van der Waals surface area contributed by atoms with Gasteiger partial charge in [-0.15, -0.1) is 0 Å².